The van der Waals surface area contributed by atoms with Crippen molar-refractivity contribution >= 4 is 0 Å². The van der Waals surface area contributed by atoms with E-state index in [4.69, 9.17) is 0 Å². The summed E-state index contributed by atoms with van der Waals surface area (Å²) in [6, 6.07) is 5.90. The van der Waals surface area contributed by atoms with Gasteiger partial charge in [0.25, 0.3) is 0 Å². The molecule has 1 aromatic carbocycles. The van der Waals surface area contributed by atoms with E-state index in [9.17, 15) is 4.39 Å². The Bertz CT molecular complexity index is 427. The molecular weight excluding hydrogens is 251 g/mol. The summed E-state index contributed by atoms with van der Waals surface area (Å²) in [5.74, 6) is 0.437. The van der Waals surface area contributed by atoms with Crippen molar-refractivity contribution < 1.29 is 4.39 Å². The molecule has 0 spiro atoms. The molecule has 1 fully saturated rings. The van der Waals surface area contributed by atoms with Crippen LogP contribution in [0.5, 0.6) is 0 Å². The highest BCUT2D eigenvalue weighted by molar-refractivity contribution is 5.27. The zero-order chi connectivity index (χ0) is 14.5. The molecule has 1 heterocycles. The quantitative estimate of drug-likeness (QED) is 0.886. The van der Waals surface area contributed by atoms with Crippen LogP contribution in [-0.2, 0) is 0 Å². The molecule has 1 aromatic rings. The lowest BCUT2D eigenvalue weighted by Crippen LogP contribution is -2.46. The van der Waals surface area contributed by atoms with E-state index in [1.165, 1.54) is 0 Å². The molecule has 0 aliphatic carbocycles. The molecule has 0 bridgehead atoms. The predicted molar refractivity (Wildman–Crippen MR) is 82.4 cm³/mol. The maximum absolute atomic E-state index is 14.4. The molecular formula is C17H27FN2. The molecule has 2 rings (SSSR count). The van der Waals surface area contributed by atoms with Crippen molar-refractivity contribution in [1.29, 1.82) is 0 Å². The summed E-state index contributed by atoms with van der Waals surface area (Å²) in [6.07, 6.45) is 2.29. The fourth-order valence-corrected chi connectivity index (χ4v) is 3.31. The molecule has 1 aliphatic rings. The maximum Gasteiger partial charge on any atom is 0.128 e. The van der Waals surface area contributed by atoms with Gasteiger partial charge < -0.3 is 5.32 Å². The number of hydrogen-bond acceptors (Lipinski definition) is 2. The number of nitrogens with zero attached hydrogens (tertiary/aromatic N) is 1. The third kappa shape index (κ3) is 3.58. The van der Waals surface area contributed by atoms with Crippen molar-refractivity contribution in [3.63, 3.8) is 0 Å². The van der Waals surface area contributed by atoms with Crippen molar-refractivity contribution in [2.45, 2.75) is 39.7 Å². The molecule has 1 saturated heterocycles. The van der Waals surface area contributed by atoms with Crippen LogP contribution in [0.2, 0.25) is 0 Å². The Morgan fingerprint density at radius 3 is 2.60 bits per heavy atom. The van der Waals surface area contributed by atoms with Gasteiger partial charge in [-0.1, -0.05) is 32.4 Å². The summed E-state index contributed by atoms with van der Waals surface area (Å²) >= 11 is 0. The van der Waals surface area contributed by atoms with Gasteiger partial charge in [0.1, 0.15) is 5.82 Å². The Hall–Kier alpha value is -0.930. The Kier molecular flexibility index (Phi) is 5.55. The number of aryl methyl sites for hydroxylation is 1. The molecule has 20 heavy (non-hydrogen) atoms. The van der Waals surface area contributed by atoms with Gasteiger partial charge in [-0.3, -0.25) is 4.90 Å². The van der Waals surface area contributed by atoms with Crippen LogP contribution in [0.1, 0.15) is 43.9 Å². The molecule has 0 radical (unpaired) electrons. The zero-order valence-corrected chi connectivity index (χ0v) is 13.0. The third-order valence-corrected chi connectivity index (χ3v) is 4.30. The Morgan fingerprint density at radius 2 is 2.00 bits per heavy atom. The fourth-order valence-electron chi connectivity index (χ4n) is 3.31. The predicted octanol–water partition coefficient (Wildman–Crippen LogP) is 3.52. The summed E-state index contributed by atoms with van der Waals surface area (Å²) in [5, 5.41) is 3.38. The molecule has 112 valence electrons. The Balaban J connectivity index is 2.28. The number of benzene rings is 1. The van der Waals surface area contributed by atoms with Crippen LogP contribution in [0.3, 0.4) is 0 Å². The molecule has 0 aromatic heterocycles. The number of rotatable bonds is 5. The largest absolute Gasteiger partial charge is 0.314 e. The van der Waals surface area contributed by atoms with Crippen LogP contribution < -0.4 is 5.32 Å². The highest BCUT2D eigenvalue weighted by atomic mass is 19.1. The molecule has 3 heteroatoms. The minimum atomic E-state index is -0.0449. The van der Waals surface area contributed by atoms with Gasteiger partial charge in [0.2, 0.25) is 0 Å². The summed E-state index contributed by atoms with van der Waals surface area (Å²) in [4.78, 5) is 2.45. The van der Waals surface area contributed by atoms with E-state index in [0.717, 1.165) is 50.1 Å². The molecule has 2 atom stereocenters. The second-order valence-corrected chi connectivity index (χ2v) is 6.02. The molecule has 0 saturated carbocycles. The summed E-state index contributed by atoms with van der Waals surface area (Å²) in [5.41, 5.74) is 1.87. The van der Waals surface area contributed by atoms with Crippen molar-refractivity contribution in [3.05, 3.63) is 35.1 Å². The third-order valence-electron chi connectivity index (χ3n) is 4.30. The summed E-state index contributed by atoms with van der Waals surface area (Å²) in [6.45, 7) is 10.4. The van der Waals surface area contributed by atoms with Crippen molar-refractivity contribution in [1.82, 2.24) is 10.2 Å². The summed E-state index contributed by atoms with van der Waals surface area (Å²) in [7, 11) is 0. The topological polar surface area (TPSA) is 15.3 Å². The Labute approximate surface area is 122 Å². The van der Waals surface area contributed by atoms with E-state index >= 15 is 0 Å². The van der Waals surface area contributed by atoms with Gasteiger partial charge in [-0.15, -0.1) is 0 Å². The maximum atomic E-state index is 14.4. The highest BCUT2D eigenvalue weighted by Crippen LogP contribution is 2.33. The van der Waals surface area contributed by atoms with E-state index in [2.05, 4.69) is 24.1 Å². The molecule has 1 unspecified atom stereocenters. The fraction of sp³-hybridized carbons (Fsp3) is 0.647. The minimum absolute atomic E-state index is 0.0449. The minimum Gasteiger partial charge on any atom is -0.314 e. The highest BCUT2D eigenvalue weighted by Gasteiger charge is 2.28. The normalized spacial score (nSPS) is 19.8. The van der Waals surface area contributed by atoms with E-state index in [0.29, 0.717) is 5.92 Å². The lowest BCUT2D eigenvalue weighted by Gasteiger charge is -2.38. The van der Waals surface area contributed by atoms with E-state index in [-0.39, 0.29) is 11.9 Å². The van der Waals surface area contributed by atoms with E-state index in [1.807, 2.05) is 19.1 Å². The lowest BCUT2D eigenvalue weighted by molar-refractivity contribution is 0.123. The van der Waals surface area contributed by atoms with Gasteiger partial charge in [0, 0.05) is 37.8 Å². The number of halogens is 1. The van der Waals surface area contributed by atoms with Gasteiger partial charge in [-0.2, -0.15) is 0 Å². The molecule has 2 nitrogen and oxygen atoms in total. The van der Waals surface area contributed by atoms with Crippen LogP contribution in [0.4, 0.5) is 4.39 Å². The van der Waals surface area contributed by atoms with E-state index in [1.54, 1.807) is 6.07 Å². The molecule has 1 N–H and O–H groups in total. The van der Waals surface area contributed by atoms with Gasteiger partial charge in [0.05, 0.1) is 0 Å². The molecule has 0 amide bonds. The smallest absolute Gasteiger partial charge is 0.128 e. The average Bonchev–Trinajstić information content (AvgIpc) is 2.43. The van der Waals surface area contributed by atoms with Crippen LogP contribution in [-0.4, -0.2) is 31.1 Å². The number of hydrogen-bond donors (Lipinski definition) is 1. The SMILES string of the molecule is CCCC(C)[C@@H](c1ccc(C)cc1F)N1CCNCC1. The van der Waals surface area contributed by atoms with E-state index < -0.39 is 0 Å². The zero-order valence-electron chi connectivity index (χ0n) is 13.0. The number of piperazine rings is 1. The van der Waals surface area contributed by atoms with Crippen LogP contribution in [0, 0.1) is 18.7 Å². The standard InChI is InChI=1S/C17H27FN2/c1-4-5-14(3)17(20-10-8-19-9-11-20)15-7-6-13(2)12-16(15)18/h6-7,12,14,17,19H,4-5,8-11H2,1-3H3/t14?,17-/m0/s1. The second-order valence-electron chi connectivity index (χ2n) is 6.02. The van der Waals surface area contributed by atoms with Crippen molar-refractivity contribution in [3.8, 4) is 0 Å². The lowest BCUT2D eigenvalue weighted by atomic mass is 9.88. The number of nitrogens with one attached hydrogen (secondary N) is 1. The summed E-state index contributed by atoms with van der Waals surface area (Å²) < 4.78 is 14.4. The van der Waals surface area contributed by atoms with Gasteiger partial charge in [0.15, 0.2) is 0 Å². The van der Waals surface area contributed by atoms with Crippen LogP contribution >= 0.6 is 0 Å². The second kappa shape index (κ2) is 7.19. The first-order valence-electron chi connectivity index (χ1n) is 7.84. The van der Waals surface area contributed by atoms with Crippen molar-refractivity contribution in [2.24, 2.45) is 5.92 Å². The Morgan fingerprint density at radius 1 is 1.30 bits per heavy atom. The van der Waals surface area contributed by atoms with Crippen LogP contribution in [0.15, 0.2) is 18.2 Å². The first-order chi connectivity index (χ1) is 9.63. The van der Waals surface area contributed by atoms with Gasteiger partial charge in [-0.05, 0) is 30.9 Å². The molecule has 1 aliphatic heterocycles. The first kappa shape index (κ1) is 15.5. The van der Waals surface area contributed by atoms with Gasteiger partial charge >= 0.3 is 0 Å². The van der Waals surface area contributed by atoms with Crippen LogP contribution in [0.25, 0.3) is 0 Å². The van der Waals surface area contributed by atoms with Crippen molar-refractivity contribution in [2.75, 3.05) is 26.2 Å². The van der Waals surface area contributed by atoms with Gasteiger partial charge in [-0.25, -0.2) is 4.39 Å². The monoisotopic (exact) mass is 278 g/mol. The first-order valence-corrected chi connectivity index (χ1v) is 7.84. The average molecular weight is 278 g/mol.